The minimum atomic E-state index is 0.200. The summed E-state index contributed by atoms with van der Waals surface area (Å²) in [7, 11) is 4.36. The number of benzene rings is 2. The van der Waals surface area contributed by atoms with Gasteiger partial charge in [0.15, 0.2) is 5.78 Å². The average Bonchev–Trinajstić information content (AvgIpc) is 3.20. The van der Waals surface area contributed by atoms with Crippen LogP contribution in [0.2, 0.25) is 0 Å². The first-order chi connectivity index (χ1) is 16.5. The second-order valence-corrected chi connectivity index (χ2v) is 9.93. The summed E-state index contributed by atoms with van der Waals surface area (Å²) in [5, 5.41) is 0. The third-order valence-corrected chi connectivity index (χ3v) is 7.45. The van der Waals surface area contributed by atoms with Crippen LogP contribution < -0.4 is 9.80 Å². The predicted molar refractivity (Wildman–Crippen MR) is 142 cm³/mol. The highest BCUT2D eigenvalue weighted by molar-refractivity contribution is 6.15. The summed E-state index contributed by atoms with van der Waals surface area (Å²) in [6.07, 6.45) is 5.80. The van der Waals surface area contributed by atoms with Crippen molar-refractivity contribution in [2.75, 3.05) is 76.3 Å². The highest BCUT2D eigenvalue weighted by Gasteiger charge is 2.23. The van der Waals surface area contributed by atoms with Crippen molar-refractivity contribution in [3.63, 3.8) is 0 Å². The van der Waals surface area contributed by atoms with Gasteiger partial charge in [0.25, 0.3) is 0 Å². The van der Waals surface area contributed by atoms with Gasteiger partial charge in [-0.2, -0.15) is 0 Å². The first-order valence-electron chi connectivity index (χ1n) is 12.6. The van der Waals surface area contributed by atoms with E-state index in [1.54, 1.807) is 0 Å². The standard InChI is InChI=1S/C29H36N4O/c1-30-13-17-32(18-14-30)27-9-3-23(4-10-27)21-25-7-8-26(29(25)34)22-24-5-11-28(12-6-24)33-19-15-31(2)16-20-33/h3-6,9-12,21-22H,7-8,13-20H2,1-2H3/b25-21+,26-22+. The fraction of sp³-hybridized carbons (Fsp3) is 0.414. The molecule has 5 nitrogen and oxygen atoms in total. The van der Waals surface area contributed by atoms with E-state index in [0.29, 0.717) is 0 Å². The van der Waals surface area contributed by atoms with Gasteiger partial charge in [0, 0.05) is 74.9 Å². The molecule has 0 spiro atoms. The Morgan fingerprint density at radius 3 is 1.26 bits per heavy atom. The van der Waals surface area contributed by atoms with Crippen molar-refractivity contribution in [3.05, 3.63) is 70.8 Å². The van der Waals surface area contributed by atoms with Crippen molar-refractivity contribution in [1.29, 1.82) is 0 Å². The second-order valence-electron chi connectivity index (χ2n) is 9.93. The molecule has 0 amide bonds. The largest absolute Gasteiger partial charge is 0.369 e. The summed E-state index contributed by atoms with van der Waals surface area (Å²) < 4.78 is 0. The fourth-order valence-corrected chi connectivity index (χ4v) is 5.07. The van der Waals surface area contributed by atoms with Gasteiger partial charge in [0.1, 0.15) is 0 Å². The van der Waals surface area contributed by atoms with E-state index in [0.717, 1.165) is 87.5 Å². The van der Waals surface area contributed by atoms with Crippen molar-refractivity contribution < 1.29 is 4.79 Å². The molecule has 1 saturated carbocycles. The molecule has 34 heavy (non-hydrogen) atoms. The van der Waals surface area contributed by atoms with Gasteiger partial charge < -0.3 is 19.6 Å². The van der Waals surface area contributed by atoms with Crippen LogP contribution in [-0.2, 0) is 4.79 Å². The molecular weight excluding hydrogens is 420 g/mol. The number of hydrogen-bond acceptors (Lipinski definition) is 5. The van der Waals surface area contributed by atoms with Crippen LogP contribution in [0.1, 0.15) is 24.0 Å². The molecule has 2 aromatic carbocycles. The Hall–Kier alpha value is -2.89. The zero-order valence-corrected chi connectivity index (χ0v) is 20.5. The molecule has 2 aliphatic heterocycles. The van der Waals surface area contributed by atoms with Crippen LogP contribution >= 0.6 is 0 Å². The number of piperazine rings is 2. The molecule has 2 saturated heterocycles. The lowest BCUT2D eigenvalue weighted by atomic mass is 10.1. The maximum absolute atomic E-state index is 13.0. The molecule has 5 rings (SSSR count). The summed E-state index contributed by atoms with van der Waals surface area (Å²) in [6.45, 7) is 8.70. The summed E-state index contributed by atoms with van der Waals surface area (Å²) in [4.78, 5) is 22.7. The van der Waals surface area contributed by atoms with E-state index >= 15 is 0 Å². The molecule has 1 aliphatic carbocycles. The molecule has 5 heteroatoms. The summed E-state index contributed by atoms with van der Waals surface area (Å²) in [5.41, 5.74) is 6.61. The number of rotatable bonds is 4. The number of hydrogen-bond donors (Lipinski definition) is 0. The third kappa shape index (κ3) is 5.26. The molecular formula is C29H36N4O. The number of allylic oxidation sites excluding steroid dienone is 2. The molecule has 0 aromatic heterocycles. The number of anilines is 2. The monoisotopic (exact) mass is 456 g/mol. The zero-order valence-electron chi connectivity index (χ0n) is 20.5. The quantitative estimate of drug-likeness (QED) is 0.649. The number of ketones is 1. The Balaban J connectivity index is 1.22. The number of nitrogens with zero attached hydrogens (tertiary/aromatic N) is 4. The normalized spacial score (nSPS) is 22.8. The minimum Gasteiger partial charge on any atom is -0.369 e. The predicted octanol–water partition coefficient (Wildman–Crippen LogP) is 4.02. The SMILES string of the molecule is CN1CCN(c2ccc(/C=C3\CC/C(=C\c4ccc(N5CCN(C)CC5)cc4)C3=O)cc2)CC1. The summed E-state index contributed by atoms with van der Waals surface area (Å²) in [5.74, 6) is 0.200. The number of Topliss-reactive ketones (excluding diaryl/α,β-unsaturated/α-hetero) is 1. The number of carbonyl (C=O) groups excluding carboxylic acids is 1. The Bertz CT molecular complexity index is 969. The molecule has 178 valence electrons. The molecule has 0 atom stereocenters. The first kappa shape index (κ1) is 22.9. The van der Waals surface area contributed by atoms with Gasteiger partial charge in [-0.25, -0.2) is 0 Å². The van der Waals surface area contributed by atoms with Crippen molar-refractivity contribution in [1.82, 2.24) is 9.80 Å². The van der Waals surface area contributed by atoms with E-state index in [4.69, 9.17) is 0 Å². The van der Waals surface area contributed by atoms with Gasteiger partial charge in [-0.05, 0) is 74.5 Å². The lowest BCUT2D eigenvalue weighted by Gasteiger charge is -2.34. The Kier molecular flexibility index (Phi) is 6.84. The smallest absolute Gasteiger partial charge is 0.185 e. The van der Waals surface area contributed by atoms with E-state index in [1.807, 2.05) is 0 Å². The maximum atomic E-state index is 13.0. The topological polar surface area (TPSA) is 30.0 Å². The van der Waals surface area contributed by atoms with Gasteiger partial charge in [0.05, 0.1) is 0 Å². The summed E-state index contributed by atoms with van der Waals surface area (Å²) >= 11 is 0. The van der Waals surface area contributed by atoms with Gasteiger partial charge >= 0.3 is 0 Å². The molecule has 0 bridgehead atoms. The van der Waals surface area contributed by atoms with Gasteiger partial charge in [0.2, 0.25) is 0 Å². The highest BCUT2D eigenvalue weighted by atomic mass is 16.1. The Morgan fingerprint density at radius 1 is 0.559 bits per heavy atom. The molecule has 0 N–H and O–H groups in total. The van der Waals surface area contributed by atoms with Crippen molar-refractivity contribution in [2.24, 2.45) is 0 Å². The average molecular weight is 457 g/mol. The number of likely N-dealkylation sites (N-methyl/N-ethyl adjacent to an activating group) is 2. The van der Waals surface area contributed by atoms with Crippen LogP contribution in [0, 0.1) is 0 Å². The molecule has 3 aliphatic rings. The van der Waals surface area contributed by atoms with Gasteiger partial charge in [-0.3, -0.25) is 4.79 Å². The van der Waals surface area contributed by atoms with Gasteiger partial charge in [-0.1, -0.05) is 24.3 Å². The number of carbonyl (C=O) groups is 1. The highest BCUT2D eigenvalue weighted by Crippen LogP contribution is 2.30. The van der Waals surface area contributed by atoms with Crippen molar-refractivity contribution in [2.45, 2.75) is 12.8 Å². The van der Waals surface area contributed by atoms with E-state index < -0.39 is 0 Å². The fourth-order valence-electron chi connectivity index (χ4n) is 5.07. The second kappa shape index (κ2) is 10.2. The van der Waals surface area contributed by atoms with E-state index in [-0.39, 0.29) is 5.78 Å². The van der Waals surface area contributed by atoms with Crippen LogP contribution in [0.3, 0.4) is 0 Å². The molecule has 0 unspecified atom stereocenters. The van der Waals surface area contributed by atoms with Crippen LogP contribution in [0.25, 0.3) is 12.2 Å². The van der Waals surface area contributed by atoms with Crippen LogP contribution in [-0.4, -0.2) is 82.0 Å². The molecule has 2 aromatic rings. The minimum absolute atomic E-state index is 0.200. The molecule has 2 heterocycles. The first-order valence-corrected chi connectivity index (χ1v) is 12.6. The zero-order chi connectivity index (χ0) is 23.5. The molecule has 3 fully saturated rings. The van der Waals surface area contributed by atoms with E-state index in [2.05, 4.69) is 94.4 Å². The lowest BCUT2D eigenvalue weighted by molar-refractivity contribution is -0.111. The van der Waals surface area contributed by atoms with Gasteiger partial charge in [-0.15, -0.1) is 0 Å². The van der Waals surface area contributed by atoms with Crippen LogP contribution in [0.5, 0.6) is 0 Å². The maximum Gasteiger partial charge on any atom is 0.185 e. The van der Waals surface area contributed by atoms with Crippen molar-refractivity contribution in [3.8, 4) is 0 Å². The third-order valence-electron chi connectivity index (χ3n) is 7.45. The molecule has 0 radical (unpaired) electrons. The van der Waals surface area contributed by atoms with Crippen LogP contribution in [0.4, 0.5) is 11.4 Å². The van der Waals surface area contributed by atoms with E-state index in [1.165, 1.54) is 11.4 Å². The van der Waals surface area contributed by atoms with Crippen LogP contribution in [0.15, 0.2) is 59.7 Å². The Morgan fingerprint density at radius 2 is 0.912 bits per heavy atom. The van der Waals surface area contributed by atoms with E-state index in [9.17, 15) is 4.79 Å². The van der Waals surface area contributed by atoms with Crippen molar-refractivity contribution >= 4 is 29.3 Å². The lowest BCUT2D eigenvalue weighted by Crippen LogP contribution is -2.44. The summed E-state index contributed by atoms with van der Waals surface area (Å²) in [6, 6.07) is 17.3. The Labute approximate surface area is 203 Å².